The van der Waals surface area contributed by atoms with Crippen LogP contribution in [-0.2, 0) is 11.2 Å². The van der Waals surface area contributed by atoms with Crippen molar-refractivity contribution in [1.82, 2.24) is 10.3 Å². The van der Waals surface area contributed by atoms with Crippen LogP contribution in [0.5, 0.6) is 0 Å². The Balaban J connectivity index is 1.53. The highest BCUT2D eigenvalue weighted by Crippen LogP contribution is 2.25. The lowest BCUT2D eigenvalue weighted by atomic mass is 10.1. The van der Waals surface area contributed by atoms with Gasteiger partial charge >= 0.3 is 6.03 Å². The molecule has 0 atom stereocenters. The normalized spacial score (nSPS) is 14.0. The summed E-state index contributed by atoms with van der Waals surface area (Å²) in [6.45, 7) is 0.945. The summed E-state index contributed by atoms with van der Waals surface area (Å²) in [4.78, 5) is 40.7. The molecule has 0 spiro atoms. The zero-order valence-corrected chi connectivity index (χ0v) is 15.5. The summed E-state index contributed by atoms with van der Waals surface area (Å²) in [5.74, 6) is -0.961. The Hall–Kier alpha value is -3.68. The largest absolute Gasteiger partial charge is 0.338 e. The Morgan fingerprint density at radius 1 is 1.14 bits per heavy atom. The van der Waals surface area contributed by atoms with Crippen molar-refractivity contribution in [1.29, 1.82) is 0 Å². The standard InChI is InChI=1S/C21H19FN4O3/c22-16-7-6-15(12-18(16)26-9-3-8-23-21(26)29)24-19(27)11-14-10-13-4-1-2-5-17(13)25-20(14)28/h1-2,4-7,10,12H,3,8-9,11H2,(H,23,29)(H,24,27)(H,25,28). The number of carbonyl (C=O) groups excluding carboxylic acids is 2. The Labute approximate surface area is 165 Å². The van der Waals surface area contributed by atoms with Crippen molar-refractivity contribution in [2.75, 3.05) is 23.3 Å². The number of aromatic amines is 1. The lowest BCUT2D eigenvalue weighted by Gasteiger charge is -2.28. The van der Waals surface area contributed by atoms with Gasteiger partial charge in [-0.1, -0.05) is 18.2 Å². The average Bonchev–Trinajstić information content (AvgIpc) is 2.70. The van der Waals surface area contributed by atoms with E-state index in [1.54, 1.807) is 12.1 Å². The molecule has 3 amide bonds. The Kier molecular flexibility index (Phi) is 4.99. The van der Waals surface area contributed by atoms with E-state index < -0.39 is 11.7 Å². The fourth-order valence-corrected chi connectivity index (χ4v) is 3.36. The van der Waals surface area contributed by atoms with Gasteiger partial charge in [0.05, 0.1) is 12.1 Å². The third-order valence-electron chi connectivity index (χ3n) is 4.78. The van der Waals surface area contributed by atoms with Crippen LogP contribution in [0.1, 0.15) is 12.0 Å². The molecule has 148 valence electrons. The second kappa shape index (κ2) is 7.75. The minimum absolute atomic E-state index is 0.101. The Morgan fingerprint density at radius 3 is 2.79 bits per heavy atom. The van der Waals surface area contributed by atoms with E-state index in [0.717, 1.165) is 5.39 Å². The number of H-pyrrole nitrogens is 1. The van der Waals surface area contributed by atoms with Gasteiger partial charge in [-0.3, -0.25) is 14.5 Å². The van der Waals surface area contributed by atoms with Gasteiger partial charge in [0.2, 0.25) is 5.91 Å². The van der Waals surface area contributed by atoms with Crippen molar-refractivity contribution >= 4 is 34.2 Å². The molecule has 0 bridgehead atoms. The van der Waals surface area contributed by atoms with Gasteiger partial charge < -0.3 is 15.6 Å². The second-order valence-electron chi connectivity index (χ2n) is 6.84. The first-order valence-corrected chi connectivity index (χ1v) is 9.27. The molecule has 1 aromatic heterocycles. The van der Waals surface area contributed by atoms with Crippen LogP contribution in [0.4, 0.5) is 20.6 Å². The summed E-state index contributed by atoms with van der Waals surface area (Å²) in [5.41, 5.74) is 1.15. The molecule has 4 rings (SSSR count). The van der Waals surface area contributed by atoms with E-state index in [9.17, 15) is 18.8 Å². The fourth-order valence-electron chi connectivity index (χ4n) is 3.36. The number of hydrogen-bond donors (Lipinski definition) is 3. The third-order valence-corrected chi connectivity index (χ3v) is 4.78. The maximum absolute atomic E-state index is 14.2. The number of para-hydroxylation sites is 1. The van der Waals surface area contributed by atoms with E-state index in [-0.39, 0.29) is 23.7 Å². The van der Waals surface area contributed by atoms with Gasteiger partial charge in [-0.15, -0.1) is 0 Å². The molecular formula is C21H19FN4O3. The lowest BCUT2D eigenvalue weighted by Crippen LogP contribution is -2.46. The van der Waals surface area contributed by atoms with E-state index in [1.807, 2.05) is 18.2 Å². The van der Waals surface area contributed by atoms with Crippen molar-refractivity contribution in [2.24, 2.45) is 0 Å². The van der Waals surface area contributed by atoms with Crippen LogP contribution in [0, 0.1) is 5.82 Å². The van der Waals surface area contributed by atoms with Crippen molar-refractivity contribution in [3.8, 4) is 0 Å². The number of urea groups is 1. The first-order valence-electron chi connectivity index (χ1n) is 9.27. The number of fused-ring (bicyclic) bond motifs is 1. The number of amides is 3. The summed E-state index contributed by atoms with van der Waals surface area (Å²) in [6.07, 6.45) is 0.573. The molecule has 29 heavy (non-hydrogen) atoms. The van der Waals surface area contributed by atoms with Crippen LogP contribution < -0.4 is 21.1 Å². The molecule has 7 nitrogen and oxygen atoms in total. The van der Waals surface area contributed by atoms with Gasteiger partial charge in [-0.2, -0.15) is 0 Å². The Bertz CT molecular complexity index is 1160. The molecule has 1 saturated heterocycles. The number of hydrogen-bond acceptors (Lipinski definition) is 3. The highest BCUT2D eigenvalue weighted by molar-refractivity contribution is 5.96. The van der Waals surface area contributed by atoms with Crippen molar-refractivity contribution in [3.05, 3.63) is 70.3 Å². The van der Waals surface area contributed by atoms with Gasteiger partial charge in [-0.05, 0) is 42.1 Å². The topological polar surface area (TPSA) is 94.3 Å². The quantitative estimate of drug-likeness (QED) is 0.635. The van der Waals surface area contributed by atoms with Gasteiger partial charge in [0.1, 0.15) is 5.82 Å². The first-order chi connectivity index (χ1) is 14.0. The third kappa shape index (κ3) is 3.96. The van der Waals surface area contributed by atoms with Gasteiger partial charge in [-0.25, -0.2) is 9.18 Å². The minimum atomic E-state index is -0.550. The molecule has 0 radical (unpaired) electrons. The number of pyridine rings is 1. The second-order valence-corrected chi connectivity index (χ2v) is 6.84. The number of nitrogens with zero attached hydrogens (tertiary/aromatic N) is 1. The number of benzene rings is 2. The molecule has 0 saturated carbocycles. The van der Waals surface area contributed by atoms with Crippen molar-refractivity contribution < 1.29 is 14.0 Å². The van der Waals surface area contributed by atoms with Crippen molar-refractivity contribution in [2.45, 2.75) is 12.8 Å². The summed E-state index contributed by atoms with van der Waals surface area (Å²) in [5, 5.41) is 6.17. The molecule has 1 aliphatic rings. The maximum Gasteiger partial charge on any atom is 0.321 e. The van der Waals surface area contributed by atoms with Gasteiger partial charge in [0.15, 0.2) is 0 Å². The molecule has 0 unspecified atom stereocenters. The highest BCUT2D eigenvalue weighted by Gasteiger charge is 2.22. The van der Waals surface area contributed by atoms with Crippen LogP contribution in [0.15, 0.2) is 53.3 Å². The van der Waals surface area contributed by atoms with E-state index in [2.05, 4.69) is 15.6 Å². The molecule has 3 aromatic rings. The molecule has 1 fully saturated rings. The molecular weight excluding hydrogens is 375 g/mol. The summed E-state index contributed by atoms with van der Waals surface area (Å²) in [6, 6.07) is 12.7. The number of halogens is 1. The van der Waals surface area contributed by atoms with E-state index in [4.69, 9.17) is 0 Å². The lowest BCUT2D eigenvalue weighted by molar-refractivity contribution is -0.115. The predicted molar refractivity (Wildman–Crippen MR) is 109 cm³/mol. The molecule has 8 heteroatoms. The van der Waals surface area contributed by atoms with Gasteiger partial charge in [0, 0.05) is 29.9 Å². The maximum atomic E-state index is 14.2. The zero-order valence-electron chi connectivity index (χ0n) is 15.5. The van der Waals surface area contributed by atoms with Crippen LogP contribution in [0.2, 0.25) is 0 Å². The molecule has 0 aliphatic carbocycles. The highest BCUT2D eigenvalue weighted by atomic mass is 19.1. The summed E-state index contributed by atoms with van der Waals surface area (Å²) < 4.78 is 14.2. The van der Waals surface area contributed by atoms with Crippen LogP contribution in [-0.4, -0.2) is 30.0 Å². The van der Waals surface area contributed by atoms with Crippen LogP contribution in [0.3, 0.4) is 0 Å². The first kappa shape index (κ1) is 18.7. The number of aromatic nitrogens is 1. The van der Waals surface area contributed by atoms with Crippen LogP contribution in [0.25, 0.3) is 10.9 Å². The fraction of sp³-hybridized carbons (Fsp3) is 0.190. The predicted octanol–water partition coefficient (Wildman–Crippen LogP) is 2.77. The molecule has 3 N–H and O–H groups in total. The minimum Gasteiger partial charge on any atom is -0.338 e. The zero-order chi connectivity index (χ0) is 20.4. The van der Waals surface area contributed by atoms with E-state index >= 15 is 0 Å². The van der Waals surface area contributed by atoms with Gasteiger partial charge in [0.25, 0.3) is 5.56 Å². The average molecular weight is 394 g/mol. The van der Waals surface area contributed by atoms with Crippen LogP contribution >= 0.6 is 0 Å². The monoisotopic (exact) mass is 394 g/mol. The van der Waals surface area contributed by atoms with E-state index in [1.165, 1.54) is 23.1 Å². The SMILES string of the molecule is O=C(Cc1cc2ccccc2[nH]c1=O)Nc1ccc(F)c(N2CCCNC2=O)c1. The summed E-state index contributed by atoms with van der Waals surface area (Å²) in [7, 11) is 0. The molecule has 2 aromatic carbocycles. The molecule has 2 heterocycles. The van der Waals surface area contributed by atoms with Crippen molar-refractivity contribution in [3.63, 3.8) is 0 Å². The number of rotatable bonds is 4. The number of anilines is 2. The molecule has 1 aliphatic heterocycles. The number of nitrogens with one attached hydrogen (secondary N) is 3. The van der Waals surface area contributed by atoms with E-state index in [0.29, 0.717) is 36.3 Å². The summed E-state index contributed by atoms with van der Waals surface area (Å²) >= 11 is 0. The Morgan fingerprint density at radius 2 is 1.97 bits per heavy atom. The smallest absolute Gasteiger partial charge is 0.321 e. The number of carbonyl (C=O) groups is 2.